The molecule has 0 saturated carbocycles. The van der Waals surface area contributed by atoms with Gasteiger partial charge in [0.2, 0.25) is 0 Å². The summed E-state index contributed by atoms with van der Waals surface area (Å²) in [7, 11) is 5.71. The summed E-state index contributed by atoms with van der Waals surface area (Å²) in [6, 6.07) is 11.8. The Kier molecular flexibility index (Phi) is 8.84. The van der Waals surface area contributed by atoms with Gasteiger partial charge in [0.1, 0.15) is 5.82 Å². The molecule has 5 nitrogen and oxygen atoms in total. The van der Waals surface area contributed by atoms with E-state index in [0.717, 1.165) is 27.9 Å². The van der Waals surface area contributed by atoms with Crippen molar-refractivity contribution in [3.8, 4) is 0 Å². The number of aliphatic imine (C=N–C) groups is 1. The fraction of sp³-hybridized carbons (Fsp3) is 0.294. The largest absolute Gasteiger partial charge is 0.362 e. The molecule has 130 valence electrons. The SMILES string of the molecule is CN=C(NCc1ccccc1Cl)NCc1cccnc1N(C)C.I. The molecule has 0 aliphatic carbocycles. The monoisotopic (exact) mass is 459 g/mol. The van der Waals surface area contributed by atoms with E-state index in [1.165, 1.54) is 0 Å². The van der Waals surface area contributed by atoms with E-state index in [1.54, 1.807) is 13.2 Å². The maximum Gasteiger partial charge on any atom is 0.191 e. The summed E-state index contributed by atoms with van der Waals surface area (Å²) < 4.78 is 0. The van der Waals surface area contributed by atoms with E-state index >= 15 is 0 Å². The molecule has 0 saturated heterocycles. The number of hydrogen-bond donors (Lipinski definition) is 2. The van der Waals surface area contributed by atoms with Crippen LogP contribution in [-0.4, -0.2) is 32.1 Å². The highest BCUT2D eigenvalue weighted by Gasteiger charge is 2.06. The molecule has 2 N–H and O–H groups in total. The standard InChI is InChI=1S/C17H22ClN5.HI/c1-19-17(21-11-13-7-4-5-9-15(13)18)22-12-14-8-6-10-20-16(14)23(2)3;/h4-10H,11-12H2,1-3H3,(H2,19,21,22);1H. The van der Waals surface area contributed by atoms with E-state index < -0.39 is 0 Å². The Hall–Kier alpha value is -1.54. The van der Waals surface area contributed by atoms with Gasteiger partial charge in [-0.05, 0) is 17.7 Å². The molecule has 1 aromatic heterocycles. The average Bonchev–Trinajstić information content (AvgIpc) is 2.56. The normalized spacial score (nSPS) is 10.8. The molecule has 0 bridgehead atoms. The zero-order chi connectivity index (χ0) is 16.7. The summed E-state index contributed by atoms with van der Waals surface area (Å²) >= 11 is 6.17. The Balaban J connectivity index is 0.00000288. The molecule has 0 unspecified atom stereocenters. The minimum Gasteiger partial charge on any atom is -0.362 e. The van der Waals surface area contributed by atoms with Gasteiger partial charge in [-0.15, -0.1) is 24.0 Å². The van der Waals surface area contributed by atoms with Crippen LogP contribution >= 0.6 is 35.6 Å². The predicted octanol–water partition coefficient (Wildman–Crippen LogP) is 3.28. The van der Waals surface area contributed by atoms with Gasteiger partial charge >= 0.3 is 0 Å². The van der Waals surface area contributed by atoms with Gasteiger partial charge in [-0.25, -0.2) is 4.98 Å². The molecule has 2 aromatic rings. The lowest BCUT2D eigenvalue weighted by Crippen LogP contribution is -2.36. The Morgan fingerprint density at radius 1 is 1.08 bits per heavy atom. The van der Waals surface area contributed by atoms with Gasteiger partial charge in [-0.2, -0.15) is 0 Å². The number of aromatic nitrogens is 1. The number of hydrogen-bond acceptors (Lipinski definition) is 3. The summed E-state index contributed by atoms with van der Waals surface area (Å²) in [6.07, 6.45) is 1.79. The molecule has 0 spiro atoms. The summed E-state index contributed by atoms with van der Waals surface area (Å²) in [5.74, 6) is 1.67. The van der Waals surface area contributed by atoms with Crippen LogP contribution in [0.2, 0.25) is 5.02 Å². The molecule has 0 aliphatic heterocycles. The van der Waals surface area contributed by atoms with Crippen molar-refractivity contribution in [3.63, 3.8) is 0 Å². The summed E-state index contributed by atoms with van der Waals surface area (Å²) in [4.78, 5) is 10.6. The number of benzene rings is 1. The first-order valence-electron chi connectivity index (χ1n) is 7.41. The third-order valence-corrected chi connectivity index (χ3v) is 3.73. The maximum atomic E-state index is 6.17. The third kappa shape index (κ3) is 5.83. The summed E-state index contributed by atoms with van der Waals surface area (Å²) in [5, 5.41) is 7.31. The van der Waals surface area contributed by atoms with E-state index in [4.69, 9.17) is 11.6 Å². The Morgan fingerprint density at radius 2 is 1.71 bits per heavy atom. The number of rotatable bonds is 5. The van der Waals surface area contributed by atoms with Crippen molar-refractivity contribution in [3.05, 3.63) is 58.7 Å². The van der Waals surface area contributed by atoms with Crippen LogP contribution in [0.1, 0.15) is 11.1 Å². The first kappa shape index (κ1) is 20.5. The predicted molar refractivity (Wildman–Crippen MR) is 112 cm³/mol. The third-order valence-electron chi connectivity index (χ3n) is 3.37. The zero-order valence-electron chi connectivity index (χ0n) is 14.1. The minimum absolute atomic E-state index is 0. The van der Waals surface area contributed by atoms with Gasteiger partial charge < -0.3 is 15.5 Å². The van der Waals surface area contributed by atoms with Crippen LogP contribution in [0, 0.1) is 0 Å². The van der Waals surface area contributed by atoms with E-state index in [9.17, 15) is 0 Å². The molecular formula is C17H23ClIN5. The van der Waals surface area contributed by atoms with E-state index in [0.29, 0.717) is 13.1 Å². The number of nitrogens with zero attached hydrogens (tertiary/aromatic N) is 3. The van der Waals surface area contributed by atoms with Crippen LogP contribution in [-0.2, 0) is 13.1 Å². The van der Waals surface area contributed by atoms with Crippen molar-refractivity contribution in [2.75, 3.05) is 26.0 Å². The summed E-state index contributed by atoms with van der Waals surface area (Å²) in [5.41, 5.74) is 2.14. The lowest BCUT2D eigenvalue weighted by atomic mass is 10.2. The van der Waals surface area contributed by atoms with Crippen LogP contribution < -0.4 is 15.5 Å². The number of nitrogens with one attached hydrogen (secondary N) is 2. The van der Waals surface area contributed by atoms with Crippen LogP contribution in [0.4, 0.5) is 5.82 Å². The molecular weight excluding hydrogens is 437 g/mol. The fourth-order valence-corrected chi connectivity index (χ4v) is 2.39. The van der Waals surface area contributed by atoms with Crippen LogP contribution in [0.15, 0.2) is 47.6 Å². The second-order valence-corrected chi connectivity index (χ2v) is 5.66. The van der Waals surface area contributed by atoms with E-state index in [2.05, 4.69) is 26.7 Å². The zero-order valence-corrected chi connectivity index (χ0v) is 17.2. The van der Waals surface area contributed by atoms with E-state index in [1.807, 2.05) is 49.3 Å². The molecule has 2 rings (SSSR count). The van der Waals surface area contributed by atoms with E-state index in [-0.39, 0.29) is 24.0 Å². The van der Waals surface area contributed by atoms with Gasteiger partial charge in [-0.1, -0.05) is 35.9 Å². The highest BCUT2D eigenvalue weighted by Crippen LogP contribution is 2.15. The topological polar surface area (TPSA) is 52.6 Å². The fourth-order valence-electron chi connectivity index (χ4n) is 2.19. The van der Waals surface area contributed by atoms with Crippen molar-refractivity contribution in [2.45, 2.75) is 13.1 Å². The lowest BCUT2D eigenvalue weighted by Gasteiger charge is -2.17. The number of halogens is 2. The Labute approximate surface area is 165 Å². The van der Waals surface area contributed by atoms with Crippen LogP contribution in [0.25, 0.3) is 0 Å². The molecule has 0 fully saturated rings. The highest BCUT2D eigenvalue weighted by atomic mass is 127. The van der Waals surface area contributed by atoms with Gasteiger partial charge in [0.15, 0.2) is 5.96 Å². The smallest absolute Gasteiger partial charge is 0.191 e. The Bertz CT molecular complexity index is 676. The molecule has 24 heavy (non-hydrogen) atoms. The van der Waals surface area contributed by atoms with Gasteiger partial charge in [0.25, 0.3) is 0 Å². The number of anilines is 1. The maximum absolute atomic E-state index is 6.17. The Morgan fingerprint density at radius 3 is 2.33 bits per heavy atom. The van der Waals surface area contributed by atoms with Crippen molar-refractivity contribution >= 4 is 47.4 Å². The molecule has 1 aromatic carbocycles. The van der Waals surface area contributed by atoms with Crippen molar-refractivity contribution in [1.82, 2.24) is 15.6 Å². The second-order valence-electron chi connectivity index (χ2n) is 5.25. The quantitative estimate of drug-likeness (QED) is 0.409. The second kappa shape index (κ2) is 10.4. The number of guanidine groups is 1. The van der Waals surface area contributed by atoms with Crippen molar-refractivity contribution < 1.29 is 0 Å². The number of pyridine rings is 1. The van der Waals surface area contributed by atoms with Gasteiger partial charge in [0, 0.05) is 51.0 Å². The van der Waals surface area contributed by atoms with Gasteiger partial charge in [0.05, 0.1) is 0 Å². The summed E-state index contributed by atoms with van der Waals surface area (Å²) in [6.45, 7) is 1.26. The van der Waals surface area contributed by atoms with Crippen LogP contribution in [0.3, 0.4) is 0 Å². The van der Waals surface area contributed by atoms with Gasteiger partial charge in [-0.3, -0.25) is 4.99 Å². The molecule has 7 heteroatoms. The average molecular weight is 460 g/mol. The molecule has 0 aliphatic rings. The molecule has 0 amide bonds. The van der Waals surface area contributed by atoms with Crippen molar-refractivity contribution in [1.29, 1.82) is 0 Å². The molecule has 1 heterocycles. The van der Waals surface area contributed by atoms with Crippen LogP contribution in [0.5, 0.6) is 0 Å². The lowest BCUT2D eigenvalue weighted by molar-refractivity contribution is 0.804. The first-order chi connectivity index (χ1) is 11.1. The van der Waals surface area contributed by atoms with Crippen molar-refractivity contribution in [2.24, 2.45) is 4.99 Å². The first-order valence-corrected chi connectivity index (χ1v) is 7.78. The molecule has 0 radical (unpaired) electrons. The minimum atomic E-state index is 0. The highest BCUT2D eigenvalue weighted by molar-refractivity contribution is 14.0. The molecule has 0 atom stereocenters.